The molecule has 98 valence electrons. The van der Waals surface area contributed by atoms with Crippen molar-refractivity contribution < 1.29 is 4.74 Å². The Kier molecular flexibility index (Phi) is 4.17. The lowest BCUT2D eigenvalue weighted by Crippen LogP contribution is -2.09. The van der Waals surface area contributed by atoms with Crippen LogP contribution < -0.4 is 10.5 Å². The van der Waals surface area contributed by atoms with Crippen molar-refractivity contribution in [1.82, 2.24) is 0 Å². The highest BCUT2D eigenvalue weighted by atomic mass is 32.1. The van der Waals surface area contributed by atoms with Gasteiger partial charge in [0, 0.05) is 5.56 Å². The summed E-state index contributed by atoms with van der Waals surface area (Å²) in [5, 5.41) is 0. The summed E-state index contributed by atoms with van der Waals surface area (Å²) in [5.41, 5.74) is 9.96. The molecule has 2 N–H and O–H groups in total. The third kappa shape index (κ3) is 3.32. The molecule has 2 aromatic carbocycles. The Morgan fingerprint density at radius 2 is 1.89 bits per heavy atom. The minimum atomic E-state index is 0.411. The lowest BCUT2D eigenvalue weighted by Gasteiger charge is -2.11. The zero-order valence-electron chi connectivity index (χ0n) is 11.1. The predicted octanol–water partition coefficient (Wildman–Crippen LogP) is 3.52. The molecule has 0 saturated heterocycles. The summed E-state index contributed by atoms with van der Waals surface area (Å²) in [6.45, 7) is 4.66. The fourth-order valence-electron chi connectivity index (χ4n) is 1.86. The highest BCUT2D eigenvalue weighted by Crippen LogP contribution is 2.21. The molecule has 0 bridgehead atoms. The van der Waals surface area contributed by atoms with Crippen molar-refractivity contribution in [2.24, 2.45) is 5.73 Å². The lowest BCUT2D eigenvalue weighted by molar-refractivity contribution is 0.304. The molecule has 2 nitrogen and oxygen atoms in total. The molecule has 0 amide bonds. The first kappa shape index (κ1) is 13.6. The number of aryl methyl sites for hydroxylation is 1. The van der Waals surface area contributed by atoms with E-state index >= 15 is 0 Å². The second kappa shape index (κ2) is 5.85. The van der Waals surface area contributed by atoms with E-state index in [0.717, 1.165) is 16.9 Å². The van der Waals surface area contributed by atoms with Crippen molar-refractivity contribution in [3.8, 4) is 5.75 Å². The van der Waals surface area contributed by atoms with Crippen LogP contribution in [0, 0.1) is 13.8 Å². The molecule has 0 atom stereocenters. The van der Waals surface area contributed by atoms with E-state index in [1.165, 1.54) is 11.1 Å². The van der Waals surface area contributed by atoms with Crippen molar-refractivity contribution in [2.45, 2.75) is 20.5 Å². The number of ether oxygens (including phenoxy) is 1. The fraction of sp³-hybridized carbons (Fsp3) is 0.188. The van der Waals surface area contributed by atoms with Gasteiger partial charge in [-0.2, -0.15) is 0 Å². The van der Waals surface area contributed by atoms with Gasteiger partial charge < -0.3 is 10.5 Å². The van der Waals surface area contributed by atoms with E-state index < -0.39 is 0 Å². The molecule has 0 aliphatic carbocycles. The minimum absolute atomic E-state index is 0.411. The van der Waals surface area contributed by atoms with E-state index in [0.29, 0.717) is 11.6 Å². The largest absolute Gasteiger partial charge is 0.489 e. The number of hydrogen-bond donors (Lipinski definition) is 1. The van der Waals surface area contributed by atoms with Gasteiger partial charge >= 0.3 is 0 Å². The van der Waals surface area contributed by atoms with Crippen molar-refractivity contribution in [3.63, 3.8) is 0 Å². The molecule has 2 aromatic rings. The van der Waals surface area contributed by atoms with E-state index in [-0.39, 0.29) is 0 Å². The first-order chi connectivity index (χ1) is 9.08. The van der Waals surface area contributed by atoms with Gasteiger partial charge in [-0.1, -0.05) is 42.5 Å². The number of benzene rings is 2. The lowest BCUT2D eigenvalue weighted by atomic mass is 10.1. The van der Waals surface area contributed by atoms with E-state index in [1.54, 1.807) is 0 Å². The summed E-state index contributed by atoms with van der Waals surface area (Å²) in [4.78, 5) is 0.411. The normalized spacial score (nSPS) is 10.2. The summed E-state index contributed by atoms with van der Waals surface area (Å²) < 4.78 is 5.85. The molecule has 0 aromatic heterocycles. The smallest absolute Gasteiger partial charge is 0.122 e. The van der Waals surface area contributed by atoms with E-state index in [1.807, 2.05) is 36.4 Å². The third-order valence-corrected chi connectivity index (χ3v) is 3.40. The first-order valence-corrected chi connectivity index (χ1v) is 6.56. The van der Waals surface area contributed by atoms with Crippen LogP contribution in [0.15, 0.2) is 42.5 Å². The molecule has 0 unspecified atom stereocenters. The average Bonchev–Trinajstić information content (AvgIpc) is 2.41. The maximum Gasteiger partial charge on any atom is 0.122 e. The van der Waals surface area contributed by atoms with Crippen LogP contribution in [0.4, 0.5) is 0 Å². The molecule has 2 rings (SSSR count). The summed E-state index contributed by atoms with van der Waals surface area (Å²) in [7, 11) is 0. The summed E-state index contributed by atoms with van der Waals surface area (Å²) in [6.07, 6.45) is 0. The average molecular weight is 271 g/mol. The Labute approximate surface area is 119 Å². The fourth-order valence-corrected chi connectivity index (χ4v) is 1.98. The second-order valence-electron chi connectivity index (χ2n) is 4.55. The molecular formula is C16H17NOS. The van der Waals surface area contributed by atoms with Crippen LogP contribution in [0.25, 0.3) is 0 Å². The third-order valence-electron chi connectivity index (χ3n) is 3.16. The van der Waals surface area contributed by atoms with Crippen LogP contribution in [-0.2, 0) is 6.61 Å². The standard InChI is InChI=1S/C16H17NOS/c1-11-5-3-8-15(12(11)2)18-10-13-6-4-7-14(9-13)16(17)19/h3-9H,10H2,1-2H3,(H2,17,19). The van der Waals surface area contributed by atoms with Crippen LogP contribution in [0.1, 0.15) is 22.3 Å². The highest BCUT2D eigenvalue weighted by molar-refractivity contribution is 7.80. The predicted molar refractivity (Wildman–Crippen MR) is 82.6 cm³/mol. The monoisotopic (exact) mass is 271 g/mol. The summed E-state index contributed by atoms with van der Waals surface area (Å²) in [5.74, 6) is 0.917. The molecule has 0 spiro atoms. The maximum absolute atomic E-state index is 5.85. The van der Waals surface area contributed by atoms with E-state index in [4.69, 9.17) is 22.7 Å². The molecular weight excluding hydrogens is 254 g/mol. The molecule has 0 saturated carbocycles. The zero-order valence-corrected chi connectivity index (χ0v) is 12.0. The minimum Gasteiger partial charge on any atom is -0.489 e. The molecule has 3 heteroatoms. The van der Waals surface area contributed by atoms with Crippen LogP contribution in [0.3, 0.4) is 0 Å². The maximum atomic E-state index is 5.85. The molecule has 19 heavy (non-hydrogen) atoms. The summed E-state index contributed by atoms with van der Waals surface area (Å²) >= 11 is 4.97. The Hall–Kier alpha value is -1.87. The van der Waals surface area contributed by atoms with Crippen LogP contribution in [0.5, 0.6) is 5.75 Å². The van der Waals surface area contributed by atoms with Gasteiger partial charge in [-0.3, -0.25) is 0 Å². The van der Waals surface area contributed by atoms with Gasteiger partial charge in [0.2, 0.25) is 0 Å². The Morgan fingerprint density at radius 1 is 1.16 bits per heavy atom. The van der Waals surface area contributed by atoms with Crippen molar-refractivity contribution in [3.05, 3.63) is 64.7 Å². The van der Waals surface area contributed by atoms with Gasteiger partial charge in [-0.15, -0.1) is 0 Å². The Balaban J connectivity index is 2.12. The van der Waals surface area contributed by atoms with Crippen LogP contribution in [0.2, 0.25) is 0 Å². The van der Waals surface area contributed by atoms with Gasteiger partial charge in [0.05, 0.1) is 0 Å². The van der Waals surface area contributed by atoms with E-state index in [9.17, 15) is 0 Å². The number of rotatable bonds is 4. The Bertz CT molecular complexity index is 607. The second-order valence-corrected chi connectivity index (χ2v) is 4.99. The molecule has 0 aliphatic rings. The molecule has 0 aliphatic heterocycles. The molecule has 0 radical (unpaired) electrons. The van der Waals surface area contributed by atoms with Gasteiger partial charge in [-0.25, -0.2) is 0 Å². The van der Waals surface area contributed by atoms with Crippen molar-refractivity contribution >= 4 is 17.2 Å². The van der Waals surface area contributed by atoms with Gasteiger partial charge in [0.1, 0.15) is 17.3 Å². The van der Waals surface area contributed by atoms with Crippen molar-refractivity contribution in [2.75, 3.05) is 0 Å². The first-order valence-electron chi connectivity index (χ1n) is 6.15. The van der Waals surface area contributed by atoms with Crippen LogP contribution in [-0.4, -0.2) is 4.99 Å². The molecule has 0 heterocycles. The zero-order chi connectivity index (χ0) is 13.8. The van der Waals surface area contributed by atoms with Gasteiger partial charge in [0.15, 0.2) is 0 Å². The van der Waals surface area contributed by atoms with Crippen LogP contribution >= 0.6 is 12.2 Å². The quantitative estimate of drug-likeness (QED) is 0.864. The van der Waals surface area contributed by atoms with Gasteiger partial charge in [0.25, 0.3) is 0 Å². The summed E-state index contributed by atoms with van der Waals surface area (Å²) in [6, 6.07) is 13.9. The van der Waals surface area contributed by atoms with E-state index in [2.05, 4.69) is 19.9 Å². The Morgan fingerprint density at radius 3 is 2.63 bits per heavy atom. The topological polar surface area (TPSA) is 35.2 Å². The van der Waals surface area contributed by atoms with Crippen molar-refractivity contribution in [1.29, 1.82) is 0 Å². The number of nitrogens with two attached hydrogens (primary N) is 1. The number of thiocarbonyl (C=S) groups is 1. The van der Waals surface area contributed by atoms with Gasteiger partial charge in [-0.05, 0) is 42.7 Å². The number of hydrogen-bond acceptors (Lipinski definition) is 2. The highest BCUT2D eigenvalue weighted by Gasteiger charge is 2.03. The molecule has 0 fully saturated rings. The SMILES string of the molecule is Cc1cccc(OCc2cccc(C(N)=S)c2)c1C.